The lowest BCUT2D eigenvalue weighted by Crippen LogP contribution is -2.21. The predicted molar refractivity (Wildman–Crippen MR) is 72.2 cm³/mol. The lowest BCUT2D eigenvalue weighted by Gasteiger charge is -2.14. The SMILES string of the molecule is Cc1ccc(C)c(CNC(C)c2nncn2C)c1. The summed E-state index contributed by atoms with van der Waals surface area (Å²) in [5.41, 5.74) is 3.95. The third-order valence-electron chi connectivity index (χ3n) is 3.24. The van der Waals surface area contributed by atoms with E-state index in [2.05, 4.69) is 54.5 Å². The minimum absolute atomic E-state index is 0.192. The van der Waals surface area contributed by atoms with Gasteiger partial charge in [-0.05, 0) is 31.9 Å². The molecule has 1 unspecified atom stereocenters. The Hall–Kier alpha value is -1.68. The fourth-order valence-electron chi connectivity index (χ4n) is 2.03. The lowest BCUT2D eigenvalue weighted by molar-refractivity contribution is 0.527. The van der Waals surface area contributed by atoms with Crippen LogP contribution < -0.4 is 5.32 Å². The van der Waals surface area contributed by atoms with Gasteiger partial charge in [-0.25, -0.2) is 0 Å². The molecular formula is C14H20N4. The van der Waals surface area contributed by atoms with E-state index in [0.717, 1.165) is 12.4 Å². The summed E-state index contributed by atoms with van der Waals surface area (Å²) in [4.78, 5) is 0. The van der Waals surface area contributed by atoms with Crippen LogP contribution in [0.25, 0.3) is 0 Å². The van der Waals surface area contributed by atoms with Gasteiger partial charge >= 0.3 is 0 Å². The van der Waals surface area contributed by atoms with Crippen LogP contribution in [0.5, 0.6) is 0 Å². The number of hydrogen-bond donors (Lipinski definition) is 1. The van der Waals surface area contributed by atoms with Gasteiger partial charge in [0.2, 0.25) is 0 Å². The molecule has 0 aliphatic carbocycles. The first kappa shape index (κ1) is 12.8. The molecule has 1 aromatic carbocycles. The van der Waals surface area contributed by atoms with E-state index in [9.17, 15) is 0 Å². The Bertz CT molecular complexity index is 530. The summed E-state index contributed by atoms with van der Waals surface area (Å²) in [6.45, 7) is 7.22. The summed E-state index contributed by atoms with van der Waals surface area (Å²) in [6.07, 6.45) is 1.73. The third kappa shape index (κ3) is 2.76. The summed E-state index contributed by atoms with van der Waals surface area (Å²) in [7, 11) is 1.96. The molecule has 0 aliphatic heterocycles. The molecule has 1 atom stereocenters. The van der Waals surface area contributed by atoms with Crippen LogP contribution in [-0.2, 0) is 13.6 Å². The van der Waals surface area contributed by atoms with Crippen molar-refractivity contribution in [1.29, 1.82) is 0 Å². The van der Waals surface area contributed by atoms with Gasteiger partial charge < -0.3 is 9.88 Å². The molecule has 0 saturated heterocycles. The molecule has 1 N–H and O–H groups in total. The molecule has 4 heteroatoms. The van der Waals surface area contributed by atoms with Gasteiger partial charge in [0.25, 0.3) is 0 Å². The average Bonchev–Trinajstić information content (AvgIpc) is 2.76. The molecule has 0 radical (unpaired) electrons. The van der Waals surface area contributed by atoms with E-state index in [-0.39, 0.29) is 6.04 Å². The Kier molecular flexibility index (Phi) is 3.77. The monoisotopic (exact) mass is 244 g/mol. The van der Waals surface area contributed by atoms with Gasteiger partial charge in [0, 0.05) is 13.6 Å². The fraction of sp³-hybridized carbons (Fsp3) is 0.429. The van der Waals surface area contributed by atoms with Crippen molar-refractivity contribution in [3.05, 3.63) is 47.0 Å². The zero-order valence-corrected chi connectivity index (χ0v) is 11.4. The number of rotatable bonds is 4. The second-order valence-electron chi connectivity index (χ2n) is 4.83. The van der Waals surface area contributed by atoms with Crippen LogP contribution in [0.4, 0.5) is 0 Å². The molecule has 2 aromatic rings. The van der Waals surface area contributed by atoms with Crippen LogP contribution in [0, 0.1) is 13.8 Å². The van der Waals surface area contributed by atoms with Gasteiger partial charge in [0.15, 0.2) is 0 Å². The van der Waals surface area contributed by atoms with Gasteiger partial charge in [-0.2, -0.15) is 0 Å². The zero-order valence-electron chi connectivity index (χ0n) is 11.4. The Labute approximate surface area is 108 Å². The van der Waals surface area contributed by atoms with Crippen molar-refractivity contribution < 1.29 is 0 Å². The Morgan fingerprint density at radius 3 is 2.78 bits per heavy atom. The van der Waals surface area contributed by atoms with Crippen LogP contribution in [0.1, 0.15) is 35.5 Å². The normalized spacial score (nSPS) is 12.7. The maximum atomic E-state index is 4.12. The molecule has 0 aliphatic rings. The fourth-order valence-corrected chi connectivity index (χ4v) is 2.03. The summed E-state index contributed by atoms with van der Waals surface area (Å²) in [5, 5.41) is 11.5. The minimum atomic E-state index is 0.192. The van der Waals surface area contributed by atoms with Gasteiger partial charge in [-0.3, -0.25) is 0 Å². The topological polar surface area (TPSA) is 42.7 Å². The van der Waals surface area contributed by atoms with Crippen molar-refractivity contribution >= 4 is 0 Å². The van der Waals surface area contributed by atoms with E-state index in [1.54, 1.807) is 6.33 Å². The maximum absolute atomic E-state index is 4.12. The molecule has 4 nitrogen and oxygen atoms in total. The number of hydrogen-bond acceptors (Lipinski definition) is 3. The smallest absolute Gasteiger partial charge is 0.149 e. The van der Waals surface area contributed by atoms with E-state index < -0.39 is 0 Å². The highest BCUT2D eigenvalue weighted by Gasteiger charge is 2.10. The van der Waals surface area contributed by atoms with Crippen molar-refractivity contribution in [2.75, 3.05) is 0 Å². The van der Waals surface area contributed by atoms with Gasteiger partial charge in [-0.15, -0.1) is 10.2 Å². The molecule has 0 fully saturated rings. The summed E-state index contributed by atoms with van der Waals surface area (Å²) in [6, 6.07) is 6.73. The molecule has 0 amide bonds. The molecule has 2 rings (SSSR count). The maximum Gasteiger partial charge on any atom is 0.149 e. The molecule has 0 bridgehead atoms. The van der Waals surface area contributed by atoms with Crippen molar-refractivity contribution in [3.63, 3.8) is 0 Å². The van der Waals surface area contributed by atoms with E-state index in [4.69, 9.17) is 0 Å². The largest absolute Gasteiger partial charge is 0.319 e. The van der Waals surface area contributed by atoms with E-state index in [1.165, 1.54) is 16.7 Å². The minimum Gasteiger partial charge on any atom is -0.319 e. The number of benzene rings is 1. The van der Waals surface area contributed by atoms with E-state index in [1.807, 2.05) is 11.6 Å². The highest BCUT2D eigenvalue weighted by atomic mass is 15.3. The first-order valence-electron chi connectivity index (χ1n) is 6.21. The Morgan fingerprint density at radius 2 is 2.11 bits per heavy atom. The highest BCUT2D eigenvalue weighted by Crippen LogP contribution is 2.13. The summed E-state index contributed by atoms with van der Waals surface area (Å²) >= 11 is 0. The van der Waals surface area contributed by atoms with Gasteiger partial charge in [0.05, 0.1) is 6.04 Å². The molecule has 18 heavy (non-hydrogen) atoms. The molecule has 1 aromatic heterocycles. The average molecular weight is 244 g/mol. The summed E-state index contributed by atoms with van der Waals surface area (Å²) in [5.74, 6) is 0.959. The van der Waals surface area contributed by atoms with Crippen LogP contribution in [0.2, 0.25) is 0 Å². The first-order chi connectivity index (χ1) is 8.58. The van der Waals surface area contributed by atoms with Crippen molar-refractivity contribution in [2.45, 2.75) is 33.4 Å². The zero-order chi connectivity index (χ0) is 13.1. The van der Waals surface area contributed by atoms with Crippen LogP contribution >= 0.6 is 0 Å². The van der Waals surface area contributed by atoms with Crippen molar-refractivity contribution in [3.8, 4) is 0 Å². The second kappa shape index (κ2) is 5.31. The van der Waals surface area contributed by atoms with Crippen molar-refractivity contribution in [2.24, 2.45) is 7.05 Å². The molecule has 96 valence electrons. The van der Waals surface area contributed by atoms with Crippen LogP contribution in [-0.4, -0.2) is 14.8 Å². The Morgan fingerprint density at radius 1 is 1.33 bits per heavy atom. The number of nitrogens with one attached hydrogen (secondary N) is 1. The van der Waals surface area contributed by atoms with E-state index in [0.29, 0.717) is 0 Å². The Balaban J connectivity index is 2.03. The first-order valence-corrected chi connectivity index (χ1v) is 6.21. The third-order valence-corrected chi connectivity index (χ3v) is 3.24. The quantitative estimate of drug-likeness (QED) is 0.897. The van der Waals surface area contributed by atoms with Crippen LogP contribution in [0.15, 0.2) is 24.5 Å². The van der Waals surface area contributed by atoms with Crippen molar-refractivity contribution in [1.82, 2.24) is 20.1 Å². The molecular weight excluding hydrogens is 224 g/mol. The molecule has 0 saturated carbocycles. The number of nitrogens with zero attached hydrogens (tertiary/aromatic N) is 3. The van der Waals surface area contributed by atoms with E-state index >= 15 is 0 Å². The highest BCUT2D eigenvalue weighted by molar-refractivity contribution is 5.30. The predicted octanol–water partition coefficient (Wildman–Crippen LogP) is 2.28. The second-order valence-corrected chi connectivity index (χ2v) is 4.83. The van der Waals surface area contributed by atoms with Gasteiger partial charge in [-0.1, -0.05) is 23.8 Å². The number of aromatic nitrogens is 3. The lowest BCUT2D eigenvalue weighted by atomic mass is 10.1. The van der Waals surface area contributed by atoms with Gasteiger partial charge in [0.1, 0.15) is 12.2 Å². The molecule has 0 spiro atoms. The van der Waals surface area contributed by atoms with Crippen LogP contribution in [0.3, 0.4) is 0 Å². The molecule has 1 heterocycles. The standard InChI is InChI=1S/C14H20N4/c1-10-5-6-11(2)13(7-10)8-15-12(3)14-17-16-9-18(14)4/h5-7,9,12,15H,8H2,1-4H3. The number of aryl methyl sites for hydroxylation is 3. The summed E-state index contributed by atoms with van der Waals surface area (Å²) < 4.78 is 1.95.